The van der Waals surface area contributed by atoms with Crippen molar-refractivity contribution in [3.8, 4) is 0 Å². The second-order valence-electron chi connectivity index (χ2n) is 5.00. The van der Waals surface area contributed by atoms with Gasteiger partial charge in [0.2, 0.25) is 5.91 Å². The van der Waals surface area contributed by atoms with Crippen LogP contribution in [0.15, 0.2) is 10.6 Å². The average Bonchev–Trinajstić information content (AvgIpc) is 2.58. The van der Waals surface area contributed by atoms with Crippen molar-refractivity contribution in [2.24, 2.45) is 11.1 Å². The number of nitrogens with one attached hydrogen (secondary N) is 1. The monoisotopic (exact) mass is 225 g/mol. The Morgan fingerprint density at radius 1 is 1.62 bits per heavy atom. The van der Waals surface area contributed by atoms with E-state index in [0.717, 1.165) is 5.69 Å². The molecule has 1 aromatic rings. The summed E-state index contributed by atoms with van der Waals surface area (Å²) in [5.74, 6) is 0.452. The van der Waals surface area contributed by atoms with Gasteiger partial charge in [0.15, 0.2) is 5.76 Å². The Balaban J connectivity index is 2.47. The van der Waals surface area contributed by atoms with Crippen LogP contribution in [0.2, 0.25) is 0 Å². The molecule has 1 aromatic heterocycles. The molecule has 0 unspecified atom stereocenters. The summed E-state index contributed by atoms with van der Waals surface area (Å²) >= 11 is 0. The van der Waals surface area contributed by atoms with Gasteiger partial charge in [-0.3, -0.25) is 4.79 Å². The molecule has 90 valence electrons. The number of amides is 1. The van der Waals surface area contributed by atoms with Gasteiger partial charge < -0.3 is 15.6 Å². The number of aryl methyl sites for hydroxylation is 1. The lowest BCUT2D eigenvalue weighted by Gasteiger charge is -2.25. The van der Waals surface area contributed by atoms with Gasteiger partial charge in [0.05, 0.1) is 18.3 Å². The molecule has 0 fully saturated rings. The second kappa shape index (κ2) is 4.65. The van der Waals surface area contributed by atoms with E-state index in [9.17, 15) is 4.79 Å². The Kier molecular flexibility index (Phi) is 3.70. The van der Waals surface area contributed by atoms with Crippen molar-refractivity contribution in [2.45, 2.75) is 40.3 Å². The van der Waals surface area contributed by atoms with Crippen LogP contribution in [0.25, 0.3) is 0 Å². The van der Waals surface area contributed by atoms with Crippen LogP contribution >= 0.6 is 0 Å². The molecule has 0 saturated carbocycles. The topological polar surface area (TPSA) is 81.2 Å². The highest BCUT2D eigenvalue weighted by Gasteiger charge is 2.27. The molecule has 0 bridgehead atoms. The normalized spacial score (nSPS) is 13.6. The molecule has 5 nitrogen and oxygen atoms in total. The van der Waals surface area contributed by atoms with E-state index in [-0.39, 0.29) is 11.3 Å². The molecule has 16 heavy (non-hydrogen) atoms. The Bertz CT molecular complexity index is 366. The van der Waals surface area contributed by atoms with E-state index in [1.165, 1.54) is 0 Å². The first-order chi connectivity index (χ1) is 7.30. The summed E-state index contributed by atoms with van der Waals surface area (Å²) in [6, 6.07) is 1.25. The van der Waals surface area contributed by atoms with Crippen LogP contribution in [-0.4, -0.2) is 17.1 Å². The maximum Gasteiger partial charge on any atom is 0.237 e. The van der Waals surface area contributed by atoms with Crippen molar-refractivity contribution in [2.75, 3.05) is 0 Å². The van der Waals surface area contributed by atoms with Gasteiger partial charge in [0.25, 0.3) is 0 Å². The molecule has 3 N–H and O–H groups in total. The van der Waals surface area contributed by atoms with E-state index < -0.39 is 6.04 Å². The number of aromatic nitrogens is 1. The predicted octanol–water partition coefficient (Wildman–Crippen LogP) is 0.973. The van der Waals surface area contributed by atoms with Crippen molar-refractivity contribution >= 4 is 5.91 Å². The summed E-state index contributed by atoms with van der Waals surface area (Å²) in [7, 11) is 0. The summed E-state index contributed by atoms with van der Waals surface area (Å²) in [4.78, 5) is 11.7. The Labute approximate surface area is 95.4 Å². The first-order valence-corrected chi connectivity index (χ1v) is 5.26. The fourth-order valence-corrected chi connectivity index (χ4v) is 1.18. The third-order valence-electron chi connectivity index (χ3n) is 2.33. The Hall–Kier alpha value is -1.36. The lowest BCUT2D eigenvalue weighted by atomic mass is 9.87. The summed E-state index contributed by atoms with van der Waals surface area (Å²) in [5, 5.41) is 6.45. The molecule has 0 spiro atoms. The standard InChI is InChI=1S/C11H19N3O2/c1-7-5-8(16-14-7)6-13-10(15)9(12)11(2,3)4/h5,9H,6,12H2,1-4H3,(H,13,15)/t9-/m0/s1. The maximum absolute atomic E-state index is 11.7. The van der Waals surface area contributed by atoms with Gasteiger partial charge in [-0.2, -0.15) is 0 Å². The molecule has 1 atom stereocenters. The van der Waals surface area contributed by atoms with E-state index in [2.05, 4.69) is 10.5 Å². The average molecular weight is 225 g/mol. The van der Waals surface area contributed by atoms with Crippen molar-refractivity contribution in [1.82, 2.24) is 10.5 Å². The third-order valence-corrected chi connectivity index (χ3v) is 2.33. The van der Waals surface area contributed by atoms with E-state index in [1.54, 1.807) is 6.07 Å². The molecule has 0 aliphatic rings. The highest BCUT2D eigenvalue weighted by molar-refractivity contribution is 5.82. The van der Waals surface area contributed by atoms with Gasteiger partial charge >= 0.3 is 0 Å². The second-order valence-corrected chi connectivity index (χ2v) is 5.00. The highest BCUT2D eigenvalue weighted by Crippen LogP contribution is 2.17. The zero-order valence-corrected chi connectivity index (χ0v) is 10.2. The lowest BCUT2D eigenvalue weighted by molar-refractivity contribution is -0.124. The zero-order valence-electron chi connectivity index (χ0n) is 10.2. The van der Waals surface area contributed by atoms with Crippen LogP contribution in [0, 0.1) is 12.3 Å². The maximum atomic E-state index is 11.7. The van der Waals surface area contributed by atoms with Gasteiger partial charge in [-0.25, -0.2) is 0 Å². The minimum absolute atomic E-state index is 0.179. The first kappa shape index (κ1) is 12.7. The number of nitrogens with zero attached hydrogens (tertiary/aromatic N) is 1. The van der Waals surface area contributed by atoms with Crippen molar-refractivity contribution < 1.29 is 9.32 Å². The van der Waals surface area contributed by atoms with Crippen molar-refractivity contribution in [3.63, 3.8) is 0 Å². The van der Waals surface area contributed by atoms with Crippen molar-refractivity contribution in [3.05, 3.63) is 17.5 Å². The summed E-state index contributed by atoms with van der Waals surface area (Å²) in [5.41, 5.74) is 6.35. The number of carbonyl (C=O) groups excluding carboxylic acids is 1. The Morgan fingerprint density at radius 2 is 2.25 bits per heavy atom. The van der Waals surface area contributed by atoms with Crippen LogP contribution in [0.4, 0.5) is 0 Å². The van der Waals surface area contributed by atoms with E-state index in [1.807, 2.05) is 27.7 Å². The molecular weight excluding hydrogens is 206 g/mol. The smallest absolute Gasteiger partial charge is 0.237 e. The van der Waals surface area contributed by atoms with Crippen LogP contribution in [-0.2, 0) is 11.3 Å². The number of rotatable bonds is 3. The highest BCUT2D eigenvalue weighted by atomic mass is 16.5. The van der Waals surface area contributed by atoms with E-state index >= 15 is 0 Å². The molecule has 0 radical (unpaired) electrons. The molecular formula is C11H19N3O2. The first-order valence-electron chi connectivity index (χ1n) is 5.26. The summed E-state index contributed by atoms with van der Waals surface area (Å²) in [6.07, 6.45) is 0. The largest absolute Gasteiger partial charge is 0.359 e. The van der Waals surface area contributed by atoms with Gasteiger partial charge in [-0.15, -0.1) is 0 Å². The van der Waals surface area contributed by atoms with E-state index in [4.69, 9.17) is 10.3 Å². The van der Waals surface area contributed by atoms with Crippen molar-refractivity contribution in [1.29, 1.82) is 0 Å². The van der Waals surface area contributed by atoms with Crippen LogP contribution in [0.5, 0.6) is 0 Å². The molecule has 1 rings (SSSR count). The quantitative estimate of drug-likeness (QED) is 0.803. The Morgan fingerprint density at radius 3 is 2.69 bits per heavy atom. The molecule has 0 aliphatic heterocycles. The van der Waals surface area contributed by atoms with Crippen LogP contribution in [0.3, 0.4) is 0 Å². The van der Waals surface area contributed by atoms with Gasteiger partial charge in [0.1, 0.15) is 0 Å². The fraction of sp³-hybridized carbons (Fsp3) is 0.636. The predicted molar refractivity (Wildman–Crippen MR) is 60.5 cm³/mol. The molecule has 0 saturated heterocycles. The molecule has 0 aromatic carbocycles. The minimum atomic E-state index is -0.531. The van der Waals surface area contributed by atoms with Crippen LogP contribution in [0.1, 0.15) is 32.2 Å². The third kappa shape index (κ3) is 3.34. The summed E-state index contributed by atoms with van der Waals surface area (Å²) in [6.45, 7) is 7.93. The fourth-order valence-electron chi connectivity index (χ4n) is 1.18. The minimum Gasteiger partial charge on any atom is -0.359 e. The van der Waals surface area contributed by atoms with Gasteiger partial charge in [-0.05, 0) is 12.3 Å². The molecule has 1 amide bonds. The number of hydrogen-bond donors (Lipinski definition) is 2. The van der Waals surface area contributed by atoms with Gasteiger partial charge in [-0.1, -0.05) is 25.9 Å². The number of nitrogens with two attached hydrogens (primary N) is 1. The zero-order chi connectivity index (χ0) is 12.3. The SMILES string of the molecule is Cc1cc(CNC(=O)[C@H](N)C(C)(C)C)on1. The number of hydrogen-bond acceptors (Lipinski definition) is 4. The van der Waals surface area contributed by atoms with Gasteiger partial charge in [0, 0.05) is 6.07 Å². The lowest BCUT2D eigenvalue weighted by Crippen LogP contribution is -2.48. The van der Waals surface area contributed by atoms with Crippen LogP contribution < -0.4 is 11.1 Å². The van der Waals surface area contributed by atoms with E-state index in [0.29, 0.717) is 12.3 Å². The number of carbonyl (C=O) groups is 1. The molecule has 0 aliphatic carbocycles. The molecule has 5 heteroatoms. The summed E-state index contributed by atoms with van der Waals surface area (Å²) < 4.78 is 4.97. The molecule has 1 heterocycles.